The summed E-state index contributed by atoms with van der Waals surface area (Å²) in [6, 6.07) is 15.6. The number of hydrogen-bond donors (Lipinski definition) is 1. The standard InChI is InChI=1S/C26H27N7O2/c1-30-12-14-32(15-13-30)17-8-9-19(22(16-17)35-3)27-26-28-20-10-11-33-23(20)24(29-26)31(2)21-7-5-4-6-18(21)25(33)34/h4-11,16H,12-15H2,1-3H3,(H,27,28,29). The fraction of sp³-hybridized carbons (Fsp3) is 0.269. The SMILES string of the molecule is COc1cc(N2CCN(C)CC2)ccc1Nc1nc2c3c(ccn3C(=O)c3ccccc3N2C)n1. The van der Waals surface area contributed by atoms with Crippen molar-refractivity contribution in [1.29, 1.82) is 0 Å². The number of anilines is 5. The van der Waals surface area contributed by atoms with E-state index in [1.165, 1.54) is 0 Å². The van der Waals surface area contributed by atoms with Gasteiger partial charge in [0, 0.05) is 51.2 Å². The smallest absolute Gasteiger partial charge is 0.264 e. The summed E-state index contributed by atoms with van der Waals surface area (Å²) in [5.74, 6) is 1.73. The van der Waals surface area contributed by atoms with Crippen LogP contribution in [0.5, 0.6) is 5.75 Å². The first kappa shape index (κ1) is 21.4. The topological polar surface area (TPSA) is 78.8 Å². The molecule has 2 aromatic heterocycles. The third kappa shape index (κ3) is 3.55. The van der Waals surface area contributed by atoms with Crippen LogP contribution in [-0.2, 0) is 0 Å². The Hall–Kier alpha value is -4.11. The molecule has 6 rings (SSSR count). The Morgan fingerprint density at radius 1 is 0.971 bits per heavy atom. The van der Waals surface area contributed by atoms with Crippen LogP contribution in [0.4, 0.5) is 28.8 Å². The summed E-state index contributed by atoms with van der Waals surface area (Å²) in [7, 11) is 5.74. The molecule has 0 bridgehead atoms. The van der Waals surface area contributed by atoms with Gasteiger partial charge in [-0.05, 0) is 37.4 Å². The number of aromatic nitrogens is 3. The van der Waals surface area contributed by atoms with E-state index < -0.39 is 0 Å². The third-order valence-corrected chi connectivity index (χ3v) is 6.85. The van der Waals surface area contributed by atoms with Gasteiger partial charge in [0.2, 0.25) is 5.95 Å². The van der Waals surface area contributed by atoms with Gasteiger partial charge in [0.1, 0.15) is 11.3 Å². The first-order valence-corrected chi connectivity index (χ1v) is 11.7. The van der Waals surface area contributed by atoms with Crippen LogP contribution in [-0.4, -0.2) is 72.7 Å². The zero-order valence-electron chi connectivity index (χ0n) is 20.0. The quantitative estimate of drug-likeness (QED) is 0.485. The number of rotatable bonds is 4. The summed E-state index contributed by atoms with van der Waals surface area (Å²) in [5, 5.41) is 3.34. The normalized spacial score (nSPS) is 15.8. The van der Waals surface area contributed by atoms with Gasteiger partial charge in [-0.2, -0.15) is 4.98 Å². The minimum Gasteiger partial charge on any atom is -0.494 e. The Morgan fingerprint density at radius 2 is 1.77 bits per heavy atom. The maximum Gasteiger partial charge on any atom is 0.264 e. The van der Waals surface area contributed by atoms with Crippen LogP contribution >= 0.6 is 0 Å². The van der Waals surface area contributed by atoms with Crippen molar-refractivity contribution in [2.75, 3.05) is 62.5 Å². The number of nitrogens with one attached hydrogen (secondary N) is 1. The number of nitrogens with zero attached hydrogens (tertiary/aromatic N) is 6. The molecule has 4 heterocycles. The van der Waals surface area contributed by atoms with E-state index in [4.69, 9.17) is 14.7 Å². The van der Waals surface area contributed by atoms with Crippen LogP contribution in [0.25, 0.3) is 11.0 Å². The highest BCUT2D eigenvalue weighted by atomic mass is 16.5. The highest BCUT2D eigenvalue weighted by molar-refractivity contribution is 6.10. The number of carbonyl (C=O) groups is 1. The Kier molecular flexibility index (Phi) is 5.07. The lowest BCUT2D eigenvalue weighted by Crippen LogP contribution is -2.44. The maximum absolute atomic E-state index is 13.2. The molecule has 0 amide bonds. The van der Waals surface area contributed by atoms with Gasteiger partial charge in [-0.1, -0.05) is 12.1 Å². The van der Waals surface area contributed by atoms with Crippen LogP contribution < -0.4 is 19.9 Å². The second-order valence-electron chi connectivity index (χ2n) is 8.97. The second-order valence-corrected chi connectivity index (χ2v) is 8.97. The molecule has 2 aliphatic rings. The number of piperazine rings is 1. The highest BCUT2D eigenvalue weighted by Crippen LogP contribution is 2.38. The van der Waals surface area contributed by atoms with E-state index in [1.807, 2.05) is 48.3 Å². The number of fused-ring (bicyclic) bond motifs is 1. The second kappa shape index (κ2) is 8.28. The van der Waals surface area contributed by atoms with Crippen molar-refractivity contribution in [3.63, 3.8) is 0 Å². The largest absolute Gasteiger partial charge is 0.494 e. The van der Waals surface area contributed by atoms with Gasteiger partial charge >= 0.3 is 0 Å². The van der Waals surface area contributed by atoms with Crippen molar-refractivity contribution < 1.29 is 9.53 Å². The Morgan fingerprint density at radius 3 is 2.57 bits per heavy atom. The van der Waals surface area contributed by atoms with E-state index in [-0.39, 0.29) is 5.91 Å². The number of para-hydroxylation sites is 1. The lowest BCUT2D eigenvalue weighted by molar-refractivity contribution is 0.0966. The fourth-order valence-corrected chi connectivity index (χ4v) is 4.84. The van der Waals surface area contributed by atoms with Crippen molar-refractivity contribution in [2.45, 2.75) is 0 Å². The van der Waals surface area contributed by atoms with E-state index >= 15 is 0 Å². The number of methoxy groups -OCH3 is 1. The van der Waals surface area contributed by atoms with E-state index in [1.54, 1.807) is 17.9 Å². The molecule has 0 atom stereocenters. The molecule has 1 fully saturated rings. The van der Waals surface area contributed by atoms with E-state index in [0.29, 0.717) is 28.4 Å². The number of carbonyl (C=O) groups excluding carboxylic acids is 1. The Labute approximate surface area is 203 Å². The molecule has 178 valence electrons. The summed E-state index contributed by atoms with van der Waals surface area (Å²) >= 11 is 0. The van der Waals surface area contributed by atoms with Gasteiger partial charge in [0.05, 0.1) is 29.6 Å². The van der Waals surface area contributed by atoms with Crippen LogP contribution in [0.2, 0.25) is 0 Å². The Bertz CT molecular complexity index is 1440. The van der Waals surface area contributed by atoms with Crippen molar-refractivity contribution in [3.8, 4) is 5.75 Å². The zero-order valence-corrected chi connectivity index (χ0v) is 20.0. The molecule has 4 aromatic rings. The third-order valence-electron chi connectivity index (χ3n) is 6.85. The number of benzene rings is 2. The average Bonchev–Trinajstić information content (AvgIpc) is 3.29. The van der Waals surface area contributed by atoms with Crippen LogP contribution in [0.3, 0.4) is 0 Å². The molecular formula is C26H27N7O2. The van der Waals surface area contributed by atoms with Crippen molar-refractivity contribution >= 4 is 45.8 Å². The van der Waals surface area contributed by atoms with Gasteiger partial charge < -0.3 is 24.8 Å². The van der Waals surface area contributed by atoms with E-state index in [9.17, 15) is 4.79 Å². The van der Waals surface area contributed by atoms with Gasteiger partial charge in [-0.25, -0.2) is 4.98 Å². The van der Waals surface area contributed by atoms with Crippen molar-refractivity contribution in [3.05, 3.63) is 60.3 Å². The van der Waals surface area contributed by atoms with E-state index in [0.717, 1.165) is 49.0 Å². The average molecular weight is 470 g/mol. The lowest BCUT2D eigenvalue weighted by atomic mass is 10.1. The lowest BCUT2D eigenvalue weighted by Gasteiger charge is -2.34. The molecule has 2 aromatic carbocycles. The van der Waals surface area contributed by atoms with Gasteiger partial charge in [0.15, 0.2) is 5.82 Å². The monoisotopic (exact) mass is 469 g/mol. The van der Waals surface area contributed by atoms with Gasteiger partial charge in [-0.3, -0.25) is 9.36 Å². The first-order chi connectivity index (χ1) is 17.0. The van der Waals surface area contributed by atoms with Gasteiger partial charge in [0.25, 0.3) is 5.91 Å². The Balaban J connectivity index is 1.37. The summed E-state index contributed by atoms with van der Waals surface area (Å²) in [4.78, 5) is 29.4. The van der Waals surface area contributed by atoms with Crippen LogP contribution in [0.15, 0.2) is 54.7 Å². The maximum atomic E-state index is 13.2. The molecule has 2 aliphatic heterocycles. The molecule has 0 aliphatic carbocycles. The molecule has 1 saturated heterocycles. The van der Waals surface area contributed by atoms with Crippen molar-refractivity contribution in [2.24, 2.45) is 0 Å². The summed E-state index contributed by atoms with van der Waals surface area (Å²) in [6.07, 6.45) is 1.76. The van der Waals surface area contributed by atoms with Crippen LogP contribution in [0, 0.1) is 0 Å². The molecule has 35 heavy (non-hydrogen) atoms. The van der Waals surface area contributed by atoms with Crippen LogP contribution in [0.1, 0.15) is 10.4 Å². The number of likely N-dealkylation sites (N-methyl/N-ethyl adjacent to an activating group) is 1. The molecule has 0 saturated carbocycles. The highest BCUT2D eigenvalue weighted by Gasteiger charge is 2.27. The molecule has 1 N–H and O–H groups in total. The predicted octanol–water partition coefficient (Wildman–Crippen LogP) is 3.71. The first-order valence-electron chi connectivity index (χ1n) is 11.7. The molecule has 0 radical (unpaired) electrons. The minimum absolute atomic E-state index is 0.0910. The molecule has 0 unspecified atom stereocenters. The number of hydrogen-bond acceptors (Lipinski definition) is 8. The molecule has 9 heteroatoms. The molecular weight excluding hydrogens is 442 g/mol. The summed E-state index contributed by atoms with van der Waals surface area (Å²) in [5.41, 5.74) is 4.73. The predicted molar refractivity (Wildman–Crippen MR) is 138 cm³/mol. The van der Waals surface area contributed by atoms with Crippen molar-refractivity contribution in [1.82, 2.24) is 19.4 Å². The summed E-state index contributed by atoms with van der Waals surface area (Å²) < 4.78 is 7.34. The zero-order chi connectivity index (χ0) is 24.1. The molecule has 9 nitrogen and oxygen atoms in total. The van der Waals surface area contributed by atoms with Gasteiger partial charge in [-0.15, -0.1) is 0 Å². The minimum atomic E-state index is -0.0910. The van der Waals surface area contributed by atoms with E-state index in [2.05, 4.69) is 34.3 Å². The fourth-order valence-electron chi connectivity index (χ4n) is 4.84. The number of ether oxygens (including phenoxy) is 1. The summed E-state index contributed by atoms with van der Waals surface area (Å²) in [6.45, 7) is 4.05. The molecule has 0 spiro atoms.